The van der Waals surface area contributed by atoms with E-state index in [1.807, 2.05) is 13.0 Å². The molecule has 0 aliphatic rings. The maximum absolute atomic E-state index is 14.4. The fourth-order valence-electron chi connectivity index (χ4n) is 2.40. The topological polar surface area (TPSA) is 0 Å². The normalized spacial score (nSPS) is 10.7. The molecule has 3 aromatic carbocycles. The molecule has 0 radical (unpaired) electrons. The van der Waals surface area contributed by atoms with E-state index in [1.54, 1.807) is 42.5 Å². The molecule has 0 aliphatic heterocycles. The average molecular weight is 315 g/mol. The Morgan fingerprint density at radius 3 is 1.86 bits per heavy atom. The molecule has 0 saturated carbocycles. The van der Waals surface area contributed by atoms with Gasteiger partial charge >= 0.3 is 0 Å². The van der Waals surface area contributed by atoms with Crippen LogP contribution in [-0.2, 0) is 0 Å². The number of hydrogen-bond acceptors (Lipinski definition) is 0. The second-order valence-electron chi connectivity index (χ2n) is 5.18. The summed E-state index contributed by atoms with van der Waals surface area (Å²) in [5.74, 6) is -0.738. The summed E-state index contributed by atoms with van der Waals surface area (Å²) in [6.45, 7) is 1.82. The highest BCUT2D eigenvalue weighted by atomic mass is 35.5. The van der Waals surface area contributed by atoms with Gasteiger partial charge in [0.1, 0.15) is 11.6 Å². The fraction of sp³-hybridized carbons (Fsp3) is 0.0526. The molecule has 0 atom stereocenters. The highest BCUT2D eigenvalue weighted by Crippen LogP contribution is 2.30. The first-order chi connectivity index (χ1) is 10.5. The molecule has 0 saturated heterocycles. The van der Waals surface area contributed by atoms with Gasteiger partial charge in [-0.05, 0) is 47.9 Å². The Hall–Kier alpha value is -2.19. The van der Waals surface area contributed by atoms with Crippen LogP contribution in [0.25, 0.3) is 22.3 Å². The van der Waals surface area contributed by atoms with Gasteiger partial charge in [-0.2, -0.15) is 0 Å². The zero-order valence-corrected chi connectivity index (χ0v) is 12.7. The zero-order valence-electron chi connectivity index (χ0n) is 11.9. The number of rotatable bonds is 2. The number of hydrogen-bond donors (Lipinski definition) is 0. The lowest BCUT2D eigenvalue weighted by Gasteiger charge is -2.08. The Kier molecular flexibility index (Phi) is 3.95. The standard InChI is InChI=1S/C19H13ClF2/c1-12-2-8-17(18(21)10-12)14-5-9-16(19(22)11-14)13-3-6-15(20)7-4-13/h2-11H,1H3. The van der Waals surface area contributed by atoms with Crippen LogP contribution in [0.3, 0.4) is 0 Å². The Morgan fingerprint density at radius 1 is 0.682 bits per heavy atom. The van der Waals surface area contributed by atoms with E-state index in [-0.39, 0.29) is 11.6 Å². The van der Waals surface area contributed by atoms with Crippen molar-refractivity contribution in [2.75, 3.05) is 0 Å². The summed E-state index contributed by atoms with van der Waals surface area (Å²) >= 11 is 5.84. The summed E-state index contributed by atoms with van der Waals surface area (Å²) in [6.07, 6.45) is 0. The largest absolute Gasteiger partial charge is 0.206 e. The Morgan fingerprint density at radius 2 is 1.23 bits per heavy atom. The van der Waals surface area contributed by atoms with E-state index in [4.69, 9.17) is 11.6 Å². The molecule has 22 heavy (non-hydrogen) atoms. The molecule has 110 valence electrons. The van der Waals surface area contributed by atoms with E-state index in [9.17, 15) is 8.78 Å². The van der Waals surface area contributed by atoms with Gasteiger partial charge < -0.3 is 0 Å². The molecular formula is C19H13ClF2. The highest BCUT2D eigenvalue weighted by molar-refractivity contribution is 6.30. The highest BCUT2D eigenvalue weighted by Gasteiger charge is 2.10. The Bertz CT molecular complexity index is 823. The third kappa shape index (κ3) is 2.88. The molecule has 0 N–H and O–H groups in total. The monoisotopic (exact) mass is 314 g/mol. The number of halogens is 3. The molecular weight excluding hydrogens is 302 g/mol. The molecule has 3 heteroatoms. The number of aryl methyl sites for hydroxylation is 1. The van der Waals surface area contributed by atoms with Crippen molar-refractivity contribution >= 4 is 11.6 Å². The van der Waals surface area contributed by atoms with Gasteiger partial charge in [-0.1, -0.05) is 48.0 Å². The van der Waals surface area contributed by atoms with E-state index in [0.29, 0.717) is 21.7 Å². The third-order valence-electron chi connectivity index (χ3n) is 3.56. The first-order valence-electron chi connectivity index (χ1n) is 6.86. The maximum atomic E-state index is 14.4. The van der Waals surface area contributed by atoms with Crippen LogP contribution in [-0.4, -0.2) is 0 Å². The second kappa shape index (κ2) is 5.90. The van der Waals surface area contributed by atoms with Gasteiger partial charge in [-0.3, -0.25) is 0 Å². The summed E-state index contributed by atoms with van der Waals surface area (Å²) in [6, 6.07) is 16.6. The SMILES string of the molecule is Cc1ccc(-c2ccc(-c3ccc(Cl)cc3)c(F)c2)c(F)c1. The fourth-order valence-corrected chi connectivity index (χ4v) is 2.53. The van der Waals surface area contributed by atoms with Crippen molar-refractivity contribution in [1.29, 1.82) is 0 Å². The third-order valence-corrected chi connectivity index (χ3v) is 3.81. The summed E-state index contributed by atoms with van der Waals surface area (Å²) < 4.78 is 28.4. The predicted molar refractivity (Wildman–Crippen MR) is 87.0 cm³/mol. The van der Waals surface area contributed by atoms with Crippen LogP contribution >= 0.6 is 11.6 Å². The molecule has 3 rings (SSSR count). The zero-order chi connectivity index (χ0) is 15.7. The van der Waals surface area contributed by atoms with Crippen molar-refractivity contribution in [2.45, 2.75) is 6.92 Å². The maximum Gasteiger partial charge on any atom is 0.131 e. The molecule has 3 aromatic rings. The smallest absolute Gasteiger partial charge is 0.131 e. The molecule has 0 heterocycles. The summed E-state index contributed by atoms with van der Waals surface area (Å²) in [7, 11) is 0. The van der Waals surface area contributed by atoms with Crippen LogP contribution in [0.15, 0.2) is 60.7 Å². The van der Waals surface area contributed by atoms with Crippen LogP contribution < -0.4 is 0 Å². The lowest BCUT2D eigenvalue weighted by molar-refractivity contribution is 0.626. The van der Waals surface area contributed by atoms with Crippen LogP contribution in [0.2, 0.25) is 5.02 Å². The Labute approximate surface area is 133 Å². The van der Waals surface area contributed by atoms with Crippen molar-refractivity contribution < 1.29 is 8.78 Å². The van der Waals surface area contributed by atoms with Crippen molar-refractivity contribution in [2.24, 2.45) is 0 Å². The van der Waals surface area contributed by atoms with Crippen LogP contribution in [0.5, 0.6) is 0 Å². The van der Waals surface area contributed by atoms with Crippen molar-refractivity contribution in [3.05, 3.63) is 82.9 Å². The minimum atomic E-state index is -0.389. The van der Waals surface area contributed by atoms with E-state index in [1.165, 1.54) is 12.1 Å². The first-order valence-corrected chi connectivity index (χ1v) is 7.24. The quantitative estimate of drug-likeness (QED) is 0.523. The predicted octanol–water partition coefficient (Wildman–Crippen LogP) is 6.26. The lowest BCUT2D eigenvalue weighted by atomic mass is 9.99. The second-order valence-corrected chi connectivity index (χ2v) is 5.62. The number of benzene rings is 3. The molecule has 0 nitrogen and oxygen atoms in total. The van der Waals surface area contributed by atoms with E-state index in [2.05, 4.69) is 0 Å². The van der Waals surface area contributed by atoms with Crippen LogP contribution in [0.4, 0.5) is 8.78 Å². The van der Waals surface area contributed by atoms with Gasteiger partial charge in [-0.25, -0.2) is 8.78 Å². The first kappa shape index (κ1) is 14.7. The van der Waals surface area contributed by atoms with Crippen LogP contribution in [0.1, 0.15) is 5.56 Å². The minimum Gasteiger partial charge on any atom is -0.206 e. The van der Waals surface area contributed by atoms with Gasteiger partial charge in [0, 0.05) is 16.1 Å². The van der Waals surface area contributed by atoms with Gasteiger partial charge in [0.2, 0.25) is 0 Å². The van der Waals surface area contributed by atoms with Crippen molar-refractivity contribution in [1.82, 2.24) is 0 Å². The molecule has 0 bridgehead atoms. The van der Waals surface area contributed by atoms with Crippen molar-refractivity contribution in [3.63, 3.8) is 0 Å². The molecule has 0 fully saturated rings. The van der Waals surface area contributed by atoms with E-state index >= 15 is 0 Å². The van der Waals surface area contributed by atoms with Crippen LogP contribution in [0, 0.1) is 18.6 Å². The van der Waals surface area contributed by atoms with Gasteiger partial charge in [0.15, 0.2) is 0 Å². The molecule has 0 aliphatic carbocycles. The van der Waals surface area contributed by atoms with Gasteiger partial charge in [0.25, 0.3) is 0 Å². The minimum absolute atomic E-state index is 0.348. The van der Waals surface area contributed by atoms with Gasteiger partial charge in [0.05, 0.1) is 0 Å². The summed E-state index contributed by atoms with van der Waals surface area (Å²) in [5, 5.41) is 0.600. The summed E-state index contributed by atoms with van der Waals surface area (Å²) in [5.41, 5.74) is 2.95. The Balaban J connectivity index is 2.03. The molecule has 0 aromatic heterocycles. The molecule has 0 unspecified atom stereocenters. The van der Waals surface area contributed by atoms with Gasteiger partial charge in [-0.15, -0.1) is 0 Å². The average Bonchev–Trinajstić information content (AvgIpc) is 2.48. The molecule has 0 spiro atoms. The van der Waals surface area contributed by atoms with E-state index in [0.717, 1.165) is 11.1 Å². The molecule has 0 amide bonds. The lowest BCUT2D eigenvalue weighted by Crippen LogP contribution is -1.89. The van der Waals surface area contributed by atoms with Crippen molar-refractivity contribution in [3.8, 4) is 22.3 Å². The summed E-state index contributed by atoms with van der Waals surface area (Å²) in [4.78, 5) is 0. The van der Waals surface area contributed by atoms with E-state index < -0.39 is 0 Å².